The summed E-state index contributed by atoms with van der Waals surface area (Å²) in [5, 5.41) is 0.719. The molecule has 0 saturated heterocycles. The number of nitrogens with zero attached hydrogens (tertiary/aromatic N) is 2. The maximum Gasteiger partial charge on any atom is 0.175 e. The summed E-state index contributed by atoms with van der Waals surface area (Å²) >= 11 is 13.4. The molecule has 3 rings (SSSR count). The second-order valence-corrected chi connectivity index (χ2v) is 8.48. The van der Waals surface area contributed by atoms with Crippen molar-refractivity contribution in [2.75, 3.05) is 6.26 Å². The number of sulfone groups is 1. The fraction of sp³-hybridized carbons (Fsp3) is 0.0769. The highest BCUT2D eigenvalue weighted by Gasteiger charge is 2.13. The van der Waals surface area contributed by atoms with E-state index in [9.17, 15) is 8.42 Å². The standard InChI is InChI=1S/C13H8Cl2N2O2S2/c1-21(18,19)7-2-3-9-8(6-7)12(15)17-13(16-9)10-4-5-11(14)20-10/h2-6H,1H3. The monoisotopic (exact) mass is 358 g/mol. The fourth-order valence-electron chi connectivity index (χ4n) is 1.85. The van der Waals surface area contributed by atoms with E-state index >= 15 is 0 Å². The summed E-state index contributed by atoms with van der Waals surface area (Å²) in [6, 6.07) is 8.19. The van der Waals surface area contributed by atoms with Crippen LogP contribution in [-0.2, 0) is 9.84 Å². The van der Waals surface area contributed by atoms with Gasteiger partial charge in [-0.2, -0.15) is 0 Å². The Morgan fingerprint density at radius 3 is 2.48 bits per heavy atom. The molecule has 0 spiro atoms. The highest BCUT2D eigenvalue weighted by atomic mass is 35.5. The third-order valence-corrected chi connectivity index (χ3v) is 5.47. The summed E-state index contributed by atoms with van der Waals surface area (Å²) in [4.78, 5) is 9.61. The van der Waals surface area contributed by atoms with Gasteiger partial charge in [-0.1, -0.05) is 23.2 Å². The van der Waals surface area contributed by atoms with Crippen LogP contribution in [0, 0.1) is 0 Å². The lowest BCUT2D eigenvalue weighted by molar-refractivity contribution is 0.602. The van der Waals surface area contributed by atoms with E-state index in [4.69, 9.17) is 23.2 Å². The van der Waals surface area contributed by atoms with Crippen LogP contribution in [0.2, 0.25) is 9.49 Å². The van der Waals surface area contributed by atoms with Crippen molar-refractivity contribution in [2.45, 2.75) is 4.90 Å². The van der Waals surface area contributed by atoms with Gasteiger partial charge in [-0.25, -0.2) is 18.4 Å². The molecule has 21 heavy (non-hydrogen) atoms. The zero-order chi connectivity index (χ0) is 15.2. The van der Waals surface area contributed by atoms with Crippen molar-refractivity contribution in [2.24, 2.45) is 0 Å². The number of thiophene rings is 1. The minimum Gasteiger partial charge on any atom is -0.227 e. The van der Waals surface area contributed by atoms with Crippen molar-refractivity contribution in [1.29, 1.82) is 0 Å². The maximum atomic E-state index is 11.6. The Bertz CT molecular complexity index is 952. The molecule has 0 N–H and O–H groups in total. The zero-order valence-corrected chi connectivity index (χ0v) is 13.8. The van der Waals surface area contributed by atoms with E-state index in [1.807, 2.05) is 6.07 Å². The maximum absolute atomic E-state index is 11.6. The minimum absolute atomic E-state index is 0.187. The number of rotatable bonds is 2. The van der Waals surface area contributed by atoms with E-state index in [0.29, 0.717) is 21.1 Å². The second-order valence-electron chi connectivity index (χ2n) is 4.39. The van der Waals surface area contributed by atoms with Gasteiger partial charge in [0.1, 0.15) is 5.15 Å². The first-order valence-corrected chi connectivity index (χ1v) is 9.24. The largest absolute Gasteiger partial charge is 0.227 e. The van der Waals surface area contributed by atoms with Crippen LogP contribution in [0.4, 0.5) is 0 Å². The molecular weight excluding hydrogens is 351 g/mol. The lowest BCUT2D eigenvalue weighted by Gasteiger charge is -2.05. The Hall–Kier alpha value is -1.21. The summed E-state index contributed by atoms with van der Waals surface area (Å²) in [6.45, 7) is 0. The topological polar surface area (TPSA) is 59.9 Å². The van der Waals surface area contributed by atoms with Gasteiger partial charge in [-0.15, -0.1) is 11.3 Å². The molecule has 1 aromatic carbocycles. The summed E-state index contributed by atoms with van der Waals surface area (Å²) in [5.41, 5.74) is 0.585. The van der Waals surface area contributed by atoms with Gasteiger partial charge in [-0.05, 0) is 30.3 Å². The van der Waals surface area contributed by atoms with Crippen LogP contribution in [0.25, 0.3) is 21.6 Å². The Labute approximate surface area is 135 Å². The molecule has 2 aromatic heterocycles. The molecule has 108 valence electrons. The number of benzene rings is 1. The van der Waals surface area contributed by atoms with Crippen LogP contribution in [0.5, 0.6) is 0 Å². The summed E-state index contributed by atoms with van der Waals surface area (Å²) < 4.78 is 23.8. The molecule has 0 radical (unpaired) electrons. The highest BCUT2D eigenvalue weighted by Crippen LogP contribution is 2.32. The highest BCUT2D eigenvalue weighted by molar-refractivity contribution is 7.90. The first-order chi connectivity index (χ1) is 9.84. The Balaban J connectivity index is 2.22. The van der Waals surface area contributed by atoms with Crippen LogP contribution in [0.1, 0.15) is 0 Å². The van der Waals surface area contributed by atoms with E-state index in [-0.39, 0.29) is 10.0 Å². The van der Waals surface area contributed by atoms with Gasteiger partial charge in [0.25, 0.3) is 0 Å². The van der Waals surface area contributed by atoms with Crippen molar-refractivity contribution >= 4 is 55.3 Å². The quantitative estimate of drug-likeness (QED) is 0.647. The number of hydrogen-bond donors (Lipinski definition) is 0. The normalized spacial score (nSPS) is 12.0. The number of hydrogen-bond acceptors (Lipinski definition) is 5. The number of halogens is 2. The zero-order valence-electron chi connectivity index (χ0n) is 10.7. The van der Waals surface area contributed by atoms with E-state index in [0.717, 1.165) is 11.1 Å². The van der Waals surface area contributed by atoms with Gasteiger partial charge in [0, 0.05) is 11.6 Å². The lowest BCUT2D eigenvalue weighted by Crippen LogP contribution is -1.98. The van der Waals surface area contributed by atoms with E-state index in [1.165, 1.54) is 23.5 Å². The summed E-state index contributed by atoms with van der Waals surface area (Å²) in [6.07, 6.45) is 1.14. The van der Waals surface area contributed by atoms with Crippen LogP contribution < -0.4 is 0 Å². The predicted molar refractivity (Wildman–Crippen MR) is 86.0 cm³/mol. The average molecular weight is 359 g/mol. The molecular formula is C13H8Cl2N2O2S2. The molecule has 2 heterocycles. The van der Waals surface area contributed by atoms with Gasteiger partial charge in [0.05, 0.1) is 19.6 Å². The lowest BCUT2D eigenvalue weighted by atomic mass is 10.2. The van der Waals surface area contributed by atoms with Crippen molar-refractivity contribution in [3.05, 3.63) is 39.8 Å². The molecule has 4 nitrogen and oxygen atoms in total. The first-order valence-electron chi connectivity index (χ1n) is 5.78. The van der Waals surface area contributed by atoms with Crippen molar-refractivity contribution in [3.63, 3.8) is 0 Å². The molecule has 0 atom stereocenters. The van der Waals surface area contributed by atoms with Gasteiger partial charge >= 0.3 is 0 Å². The second kappa shape index (κ2) is 5.21. The van der Waals surface area contributed by atoms with Crippen LogP contribution >= 0.6 is 34.5 Å². The average Bonchev–Trinajstić information content (AvgIpc) is 2.84. The molecule has 0 aliphatic carbocycles. The molecule has 0 fully saturated rings. The van der Waals surface area contributed by atoms with Crippen LogP contribution in [-0.4, -0.2) is 24.6 Å². The third kappa shape index (κ3) is 2.89. The minimum atomic E-state index is -3.30. The SMILES string of the molecule is CS(=O)(=O)c1ccc2nc(-c3ccc(Cl)s3)nc(Cl)c2c1. The van der Waals surface area contributed by atoms with Gasteiger partial charge in [0.15, 0.2) is 15.7 Å². The molecule has 0 aliphatic rings. The van der Waals surface area contributed by atoms with Gasteiger partial charge < -0.3 is 0 Å². The fourth-order valence-corrected chi connectivity index (χ4v) is 3.70. The van der Waals surface area contributed by atoms with Crippen molar-refractivity contribution in [1.82, 2.24) is 9.97 Å². The van der Waals surface area contributed by atoms with Crippen LogP contribution in [0.15, 0.2) is 35.2 Å². The van der Waals surface area contributed by atoms with E-state index < -0.39 is 9.84 Å². The van der Waals surface area contributed by atoms with Crippen molar-refractivity contribution in [3.8, 4) is 10.7 Å². The summed E-state index contributed by atoms with van der Waals surface area (Å²) in [5.74, 6) is 0.469. The van der Waals surface area contributed by atoms with Gasteiger partial charge in [-0.3, -0.25) is 0 Å². The third-order valence-electron chi connectivity index (χ3n) is 2.84. The molecule has 8 heteroatoms. The molecule has 0 amide bonds. The smallest absolute Gasteiger partial charge is 0.175 e. The summed E-state index contributed by atoms with van der Waals surface area (Å²) in [7, 11) is -3.30. The van der Waals surface area contributed by atoms with E-state index in [2.05, 4.69) is 9.97 Å². The number of aromatic nitrogens is 2. The molecule has 0 unspecified atom stereocenters. The Morgan fingerprint density at radius 2 is 1.86 bits per heavy atom. The molecule has 3 aromatic rings. The molecule has 0 saturated carbocycles. The van der Waals surface area contributed by atoms with Crippen molar-refractivity contribution < 1.29 is 8.42 Å². The molecule has 0 aliphatic heterocycles. The Kier molecular flexibility index (Phi) is 3.65. The predicted octanol–water partition coefficient (Wildman–Crippen LogP) is 4.07. The number of fused-ring (bicyclic) bond motifs is 1. The van der Waals surface area contributed by atoms with Gasteiger partial charge in [0.2, 0.25) is 0 Å². The van der Waals surface area contributed by atoms with E-state index in [1.54, 1.807) is 12.1 Å². The van der Waals surface area contributed by atoms with Crippen LogP contribution in [0.3, 0.4) is 0 Å². The molecule has 0 bridgehead atoms. The first kappa shape index (κ1) is 14.7. The Morgan fingerprint density at radius 1 is 1.10 bits per heavy atom.